The Hall–Kier alpha value is -2.48. The van der Waals surface area contributed by atoms with Crippen molar-refractivity contribution in [1.82, 2.24) is 15.0 Å². The summed E-state index contributed by atoms with van der Waals surface area (Å²) < 4.78 is 39.5. The lowest BCUT2D eigenvalue weighted by Gasteiger charge is -2.11. The molecule has 1 aromatic carbocycles. The SMILES string of the molecule is CCSc1nc(-c2cccc(C(F)(F)F)c2)c(-c2ccnc(NC(C)C)c2)[nH]1. The maximum absolute atomic E-state index is 13.2. The number of nitrogens with one attached hydrogen (secondary N) is 2. The number of aromatic nitrogens is 3. The van der Waals surface area contributed by atoms with Gasteiger partial charge in [-0.1, -0.05) is 30.8 Å². The summed E-state index contributed by atoms with van der Waals surface area (Å²) in [5, 5.41) is 3.90. The van der Waals surface area contributed by atoms with E-state index in [9.17, 15) is 13.2 Å². The number of halogens is 3. The van der Waals surface area contributed by atoms with Crippen LogP contribution in [0.1, 0.15) is 26.3 Å². The first-order chi connectivity index (χ1) is 13.3. The van der Waals surface area contributed by atoms with Crippen LogP contribution in [0.3, 0.4) is 0 Å². The van der Waals surface area contributed by atoms with Gasteiger partial charge in [0.1, 0.15) is 5.82 Å². The van der Waals surface area contributed by atoms with E-state index in [0.29, 0.717) is 27.9 Å². The molecule has 0 amide bonds. The Bertz CT molecular complexity index is 951. The molecule has 2 aromatic heterocycles. The molecular formula is C20H21F3N4S. The molecule has 8 heteroatoms. The van der Waals surface area contributed by atoms with Crippen LogP contribution >= 0.6 is 11.8 Å². The summed E-state index contributed by atoms with van der Waals surface area (Å²) in [7, 11) is 0. The van der Waals surface area contributed by atoms with Gasteiger partial charge in [-0.2, -0.15) is 13.2 Å². The third-order valence-electron chi connectivity index (χ3n) is 3.91. The summed E-state index contributed by atoms with van der Waals surface area (Å²) in [4.78, 5) is 12.1. The molecule has 0 aliphatic heterocycles. The normalized spacial score (nSPS) is 11.8. The van der Waals surface area contributed by atoms with Crippen molar-refractivity contribution in [2.45, 2.75) is 38.1 Å². The highest BCUT2D eigenvalue weighted by molar-refractivity contribution is 7.99. The molecule has 3 rings (SSSR count). The zero-order valence-corrected chi connectivity index (χ0v) is 16.6. The van der Waals surface area contributed by atoms with Crippen LogP contribution in [0, 0.1) is 0 Å². The maximum Gasteiger partial charge on any atom is 0.416 e. The van der Waals surface area contributed by atoms with Crippen molar-refractivity contribution in [2.75, 3.05) is 11.1 Å². The molecule has 3 aromatic rings. The van der Waals surface area contributed by atoms with Gasteiger partial charge in [-0.3, -0.25) is 0 Å². The van der Waals surface area contributed by atoms with E-state index in [-0.39, 0.29) is 6.04 Å². The van der Waals surface area contributed by atoms with Gasteiger partial charge in [-0.05, 0) is 43.9 Å². The number of pyridine rings is 1. The van der Waals surface area contributed by atoms with Gasteiger partial charge < -0.3 is 10.3 Å². The van der Waals surface area contributed by atoms with Crippen molar-refractivity contribution in [3.05, 3.63) is 48.2 Å². The summed E-state index contributed by atoms with van der Waals surface area (Å²) in [6, 6.07) is 9.13. The molecule has 0 saturated heterocycles. The number of H-pyrrole nitrogens is 1. The third-order valence-corrected chi connectivity index (χ3v) is 4.67. The first-order valence-corrected chi connectivity index (χ1v) is 9.90. The molecular weight excluding hydrogens is 385 g/mol. The smallest absolute Gasteiger partial charge is 0.368 e. The molecule has 0 spiro atoms. The first-order valence-electron chi connectivity index (χ1n) is 8.91. The minimum absolute atomic E-state index is 0.207. The lowest BCUT2D eigenvalue weighted by molar-refractivity contribution is -0.137. The summed E-state index contributed by atoms with van der Waals surface area (Å²) >= 11 is 1.50. The van der Waals surface area contributed by atoms with E-state index in [0.717, 1.165) is 23.4 Å². The number of imidazole rings is 1. The van der Waals surface area contributed by atoms with Gasteiger partial charge in [-0.15, -0.1) is 0 Å². The first kappa shape index (κ1) is 20.3. The molecule has 0 aliphatic rings. The maximum atomic E-state index is 13.2. The number of hydrogen-bond donors (Lipinski definition) is 2. The molecule has 0 unspecified atom stereocenters. The second-order valence-electron chi connectivity index (χ2n) is 6.51. The lowest BCUT2D eigenvalue weighted by atomic mass is 10.0. The molecule has 0 radical (unpaired) electrons. The average molecular weight is 406 g/mol. The number of thioether (sulfide) groups is 1. The summed E-state index contributed by atoms with van der Waals surface area (Å²) in [6.07, 6.45) is -2.73. The predicted molar refractivity (Wildman–Crippen MR) is 107 cm³/mol. The van der Waals surface area contributed by atoms with Gasteiger partial charge in [0.2, 0.25) is 0 Å². The van der Waals surface area contributed by atoms with Crippen LogP contribution in [0.25, 0.3) is 22.5 Å². The van der Waals surface area contributed by atoms with Gasteiger partial charge in [0.05, 0.1) is 17.0 Å². The molecule has 0 saturated carbocycles. The van der Waals surface area contributed by atoms with E-state index in [2.05, 4.69) is 20.3 Å². The van der Waals surface area contributed by atoms with Gasteiger partial charge >= 0.3 is 6.18 Å². The fourth-order valence-electron chi connectivity index (χ4n) is 2.78. The van der Waals surface area contributed by atoms with Crippen molar-refractivity contribution >= 4 is 17.6 Å². The molecule has 0 bridgehead atoms. The monoisotopic (exact) mass is 406 g/mol. The number of hydrogen-bond acceptors (Lipinski definition) is 4. The van der Waals surface area contributed by atoms with Crippen LogP contribution in [0.5, 0.6) is 0 Å². The zero-order chi connectivity index (χ0) is 20.3. The number of anilines is 1. The Morgan fingerprint density at radius 1 is 1.14 bits per heavy atom. The van der Waals surface area contributed by atoms with E-state index in [4.69, 9.17) is 0 Å². The number of alkyl halides is 3. The molecule has 0 fully saturated rings. The van der Waals surface area contributed by atoms with Gasteiger partial charge in [0.25, 0.3) is 0 Å². The largest absolute Gasteiger partial charge is 0.416 e. The molecule has 148 valence electrons. The topological polar surface area (TPSA) is 53.6 Å². The average Bonchev–Trinajstić information content (AvgIpc) is 3.05. The van der Waals surface area contributed by atoms with Crippen molar-refractivity contribution in [3.8, 4) is 22.5 Å². The Morgan fingerprint density at radius 3 is 2.61 bits per heavy atom. The zero-order valence-electron chi connectivity index (χ0n) is 15.8. The van der Waals surface area contributed by atoms with Gasteiger partial charge in [-0.25, -0.2) is 9.97 Å². The second kappa shape index (κ2) is 8.26. The minimum Gasteiger partial charge on any atom is -0.368 e. The van der Waals surface area contributed by atoms with Crippen molar-refractivity contribution < 1.29 is 13.2 Å². The molecule has 28 heavy (non-hydrogen) atoms. The second-order valence-corrected chi connectivity index (χ2v) is 7.76. The third kappa shape index (κ3) is 4.67. The highest BCUT2D eigenvalue weighted by atomic mass is 32.2. The van der Waals surface area contributed by atoms with Crippen LogP contribution in [0.2, 0.25) is 0 Å². The Kier molecular flexibility index (Phi) is 5.98. The van der Waals surface area contributed by atoms with E-state index < -0.39 is 11.7 Å². The quantitative estimate of drug-likeness (QED) is 0.487. The summed E-state index contributed by atoms with van der Waals surface area (Å²) in [6.45, 7) is 6.01. The van der Waals surface area contributed by atoms with E-state index in [1.54, 1.807) is 12.3 Å². The number of rotatable bonds is 6. The Balaban J connectivity index is 2.10. The van der Waals surface area contributed by atoms with Gasteiger partial charge in [0, 0.05) is 23.4 Å². The fourth-order valence-corrected chi connectivity index (χ4v) is 3.38. The van der Waals surface area contributed by atoms with E-state index >= 15 is 0 Å². The van der Waals surface area contributed by atoms with Crippen LogP contribution in [0.4, 0.5) is 19.0 Å². The number of benzene rings is 1. The van der Waals surface area contributed by atoms with Crippen molar-refractivity contribution in [3.63, 3.8) is 0 Å². The van der Waals surface area contributed by atoms with E-state index in [1.165, 1.54) is 17.8 Å². The lowest BCUT2D eigenvalue weighted by Crippen LogP contribution is -2.10. The molecule has 0 aliphatic carbocycles. The molecule has 4 nitrogen and oxygen atoms in total. The number of aromatic amines is 1. The van der Waals surface area contributed by atoms with E-state index in [1.807, 2.05) is 32.9 Å². The fraction of sp³-hybridized carbons (Fsp3) is 0.300. The summed E-state index contributed by atoms with van der Waals surface area (Å²) in [5.41, 5.74) is 1.69. The van der Waals surface area contributed by atoms with Crippen LogP contribution in [0.15, 0.2) is 47.8 Å². The minimum atomic E-state index is -4.40. The van der Waals surface area contributed by atoms with Crippen LogP contribution in [-0.2, 0) is 6.18 Å². The predicted octanol–water partition coefficient (Wildman–Crippen LogP) is 6.09. The van der Waals surface area contributed by atoms with Crippen molar-refractivity contribution in [1.29, 1.82) is 0 Å². The Labute approximate surface area is 166 Å². The van der Waals surface area contributed by atoms with Crippen molar-refractivity contribution in [2.24, 2.45) is 0 Å². The van der Waals surface area contributed by atoms with Gasteiger partial charge in [0.15, 0.2) is 5.16 Å². The summed E-state index contributed by atoms with van der Waals surface area (Å²) in [5.74, 6) is 1.49. The highest BCUT2D eigenvalue weighted by Crippen LogP contribution is 2.36. The molecule has 0 atom stereocenters. The number of nitrogens with zero attached hydrogens (tertiary/aromatic N) is 2. The Morgan fingerprint density at radius 2 is 1.93 bits per heavy atom. The van der Waals surface area contributed by atoms with Crippen LogP contribution in [-0.4, -0.2) is 26.7 Å². The molecule has 2 N–H and O–H groups in total. The standard InChI is InChI=1S/C20H21F3N4S/c1-4-28-19-26-17(13-6-5-7-15(10-13)20(21,22)23)18(27-19)14-8-9-24-16(11-14)25-12(2)3/h5-12H,4H2,1-3H3,(H,24,25)(H,26,27). The molecule has 2 heterocycles. The van der Waals surface area contributed by atoms with Crippen LogP contribution < -0.4 is 5.32 Å². The highest BCUT2D eigenvalue weighted by Gasteiger charge is 2.31.